The van der Waals surface area contributed by atoms with Gasteiger partial charge in [0.15, 0.2) is 5.76 Å². The zero-order valence-electron chi connectivity index (χ0n) is 16.0. The molecule has 2 aromatic carbocycles. The highest BCUT2D eigenvalue weighted by atomic mass is 16.6. The molecule has 0 bridgehead atoms. The van der Waals surface area contributed by atoms with Crippen molar-refractivity contribution in [2.45, 2.75) is 6.92 Å². The van der Waals surface area contributed by atoms with E-state index in [1.54, 1.807) is 48.5 Å². The third-order valence-corrected chi connectivity index (χ3v) is 4.00. The van der Waals surface area contributed by atoms with Gasteiger partial charge in [0, 0.05) is 18.6 Å². The van der Waals surface area contributed by atoms with Gasteiger partial charge < -0.3 is 23.7 Å². The Morgan fingerprint density at radius 3 is 2.38 bits per heavy atom. The highest BCUT2D eigenvalue weighted by Gasteiger charge is 2.27. The third-order valence-electron chi connectivity index (χ3n) is 4.00. The summed E-state index contributed by atoms with van der Waals surface area (Å²) >= 11 is 0. The Hall–Kier alpha value is -3.94. The van der Waals surface area contributed by atoms with E-state index in [1.165, 1.54) is 21.1 Å². The number of carbonyl (C=O) groups is 2. The van der Waals surface area contributed by atoms with Gasteiger partial charge >= 0.3 is 5.97 Å². The van der Waals surface area contributed by atoms with Gasteiger partial charge in [0.1, 0.15) is 11.5 Å². The summed E-state index contributed by atoms with van der Waals surface area (Å²) in [6.45, 7) is 1.17. The third kappa shape index (κ3) is 4.16. The average molecular weight is 397 g/mol. The van der Waals surface area contributed by atoms with Crippen LogP contribution in [-0.2, 0) is 4.79 Å². The molecule has 0 atom stereocenters. The number of methoxy groups -OCH3 is 2. The molecule has 0 aliphatic rings. The molecule has 3 rings (SSSR count). The number of hydrogen-bond acceptors (Lipinski definition) is 7. The summed E-state index contributed by atoms with van der Waals surface area (Å²) in [6, 6.07) is 13.3. The van der Waals surface area contributed by atoms with E-state index in [1.807, 2.05) is 0 Å². The molecule has 0 fully saturated rings. The van der Waals surface area contributed by atoms with Gasteiger partial charge in [-0.15, -0.1) is 0 Å². The molecule has 2 N–H and O–H groups in total. The van der Waals surface area contributed by atoms with Gasteiger partial charge in [0.2, 0.25) is 17.4 Å². The minimum Gasteiger partial charge on any atom is -0.502 e. The molecule has 0 saturated carbocycles. The van der Waals surface area contributed by atoms with Gasteiger partial charge in [0.05, 0.1) is 19.8 Å². The fraction of sp³-hybridized carbons (Fsp3) is 0.143. The van der Waals surface area contributed by atoms with E-state index in [4.69, 9.17) is 18.6 Å². The first-order chi connectivity index (χ1) is 13.9. The number of esters is 1. The number of furan rings is 1. The Morgan fingerprint density at radius 2 is 1.76 bits per heavy atom. The Balaban J connectivity index is 2.06. The van der Waals surface area contributed by atoms with Crippen LogP contribution in [0, 0.1) is 0 Å². The van der Waals surface area contributed by atoms with Gasteiger partial charge in [-0.25, -0.2) is 0 Å². The number of aromatic hydroxyl groups is 1. The normalized spacial score (nSPS) is 10.3. The maximum absolute atomic E-state index is 12.5. The molecule has 150 valence electrons. The average Bonchev–Trinajstić information content (AvgIpc) is 3.02. The van der Waals surface area contributed by atoms with Crippen LogP contribution in [0.2, 0.25) is 0 Å². The summed E-state index contributed by atoms with van der Waals surface area (Å²) in [5, 5.41) is 13.1. The van der Waals surface area contributed by atoms with Crippen molar-refractivity contribution < 1.29 is 33.3 Å². The van der Waals surface area contributed by atoms with Gasteiger partial charge in [-0.2, -0.15) is 0 Å². The Morgan fingerprint density at radius 1 is 1.03 bits per heavy atom. The molecular weight excluding hydrogens is 378 g/mol. The van der Waals surface area contributed by atoms with Crippen LogP contribution in [0.3, 0.4) is 0 Å². The molecule has 3 aromatic rings. The molecule has 1 amide bonds. The van der Waals surface area contributed by atoms with Crippen LogP contribution >= 0.6 is 0 Å². The molecule has 1 heterocycles. The van der Waals surface area contributed by atoms with Crippen molar-refractivity contribution in [2.75, 3.05) is 19.5 Å². The molecule has 0 aliphatic heterocycles. The van der Waals surface area contributed by atoms with Crippen LogP contribution in [0.15, 0.2) is 52.9 Å². The smallest absolute Gasteiger partial charge is 0.308 e. The van der Waals surface area contributed by atoms with Gasteiger partial charge in [0.25, 0.3) is 5.91 Å². The fourth-order valence-corrected chi connectivity index (χ4v) is 2.66. The van der Waals surface area contributed by atoms with Gasteiger partial charge in [-0.1, -0.05) is 18.2 Å². The molecule has 0 spiro atoms. The maximum Gasteiger partial charge on any atom is 0.308 e. The number of ether oxygens (including phenoxy) is 3. The Kier molecular flexibility index (Phi) is 5.73. The number of nitrogens with one attached hydrogen (secondary N) is 1. The summed E-state index contributed by atoms with van der Waals surface area (Å²) in [4.78, 5) is 24.0. The first kappa shape index (κ1) is 19.8. The van der Waals surface area contributed by atoms with E-state index in [0.29, 0.717) is 22.6 Å². The van der Waals surface area contributed by atoms with Crippen LogP contribution < -0.4 is 19.5 Å². The minimum absolute atomic E-state index is 0.0379. The van der Waals surface area contributed by atoms with Crippen LogP contribution in [0.4, 0.5) is 5.88 Å². The maximum atomic E-state index is 12.5. The quantitative estimate of drug-likeness (QED) is 0.608. The van der Waals surface area contributed by atoms with Crippen molar-refractivity contribution in [2.24, 2.45) is 0 Å². The monoisotopic (exact) mass is 397 g/mol. The SMILES string of the molecule is COc1ccc(-c2oc(NC(=O)c3ccccc3)c(OC(C)=O)c2O)c(OC)c1. The molecule has 1 aromatic heterocycles. The lowest BCUT2D eigenvalue weighted by Gasteiger charge is -2.08. The molecule has 8 nitrogen and oxygen atoms in total. The van der Waals surface area contributed by atoms with Crippen LogP contribution in [0.1, 0.15) is 17.3 Å². The van der Waals surface area contributed by atoms with Crippen molar-refractivity contribution in [1.29, 1.82) is 0 Å². The van der Waals surface area contributed by atoms with Crippen molar-refractivity contribution >= 4 is 17.8 Å². The van der Waals surface area contributed by atoms with E-state index in [9.17, 15) is 14.7 Å². The Labute approximate surface area is 166 Å². The highest BCUT2D eigenvalue weighted by Crippen LogP contribution is 2.49. The summed E-state index contributed by atoms with van der Waals surface area (Å²) in [5.41, 5.74) is 0.736. The van der Waals surface area contributed by atoms with E-state index >= 15 is 0 Å². The van der Waals surface area contributed by atoms with Crippen LogP contribution in [-0.4, -0.2) is 31.2 Å². The van der Waals surface area contributed by atoms with E-state index in [-0.39, 0.29) is 17.4 Å². The lowest BCUT2D eigenvalue weighted by molar-refractivity contribution is -0.132. The fourth-order valence-electron chi connectivity index (χ4n) is 2.66. The van der Waals surface area contributed by atoms with Crippen LogP contribution in [0.25, 0.3) is 11.3 Å². The molecule has 29 heavy (non-hydrogen) atoms. The first-order valence-corrected chi connectivity index (χ1v) is 8.57. The van der Waals surface area contributed by atoms with Gasteiger partial charge in [-0.3, -0.25) is 14.9 Å². The van der Waals surface area contributed by atoms with E-state index in [0.717, 1.165) is 0 Å². The number of amides is 1. The topological polar surface area (TPSA) is 107 Å². The summed E-state index contributed by atoms with van der Waals surface area (Å²) in [5.74, 6) is -1.30. The Bertz CT molecular complexity index is 1040. The lowest BCUT2D eigenvalue weighted by atomic mass is 10.1. The summed E-state index contributed by atoms with van der Waals surface area (Å²) in [7, 11) is 2.96. The molecular formula is C21H19NO7. The number of anilines is 1. The molecule has 8 heteroatoms. The second-order valence-corrected chi connectivity index (χ2v) is 5.92. The second-order valence-electron chi connectivity index (χ2n) is 5.92. The molecule has 0 radical (unpaired) electrons. The zero-order chi connectivity index (χ0) is 21.0. The molecule has 0 aliphatic carbocycles. The highest BCUT2D eigenvalue weighted by molar-refractivity contribution is 6.05. The summed E-state index contributed by atoms with van der Waals surface area (Å²) < 4.78 is 21.2. The predicted molar refractivity (Wildman–Crippen MR) is 105 cm³/mol. The molecule has 0 saturated heterocycles. The number of carbonyl (C=O) groups excluding carboxylic acids is 2. The van der Waals surface area contributed by atoms with Gasteiger partial charge in [-0.05, 0) is 24.3 Å². The largest absolute Gasteiger partial charge is 0.502 e. The van der Waals surface area contributed by atoms with E-state index < -0.39 is 17.6 Å². The number of hydrogen-bond donors (Lipinski definition) is 2. The predicted octanol–water partition coefficient (Wildman–Crippen LogP) is 3.85. The zero-order valence-corrected chi connectivity index (χ0v) is 16.0. The second kappa shape index (κ2) is 8.39. The van der Waals surface area contributed by atoms with Crippen molar-refractivity contribution in [1.82, 2.24) is 0 Å². The molecule has 0 unspecified atom stereocenters. The standard InChI is InChI=1S/C21H19NO7/c1-12(23)28-19-17(24)18(15-10-9-14(26-2)11-16(15)27-3)29-21(19)22-20(25)13-7-5-4-6-8-13/h4-11,24H,1-3H3,(H,22,25). The number of benzene rings is 2. The minimum atomic E-state index is -0.690. The summed E-state index contributed by atoms with van der Waals surface area (Å²) in [6.07, 6.45) is 0. The number of rotatable bonds is 6. The van der Waals surface area contributed by atoms with Crippen molar-refractivity contribution in [3.05, 3.63) is 54.1 Å². The van der Waals surface area contributed by atoms with Crippen LogP contribution in [0.5, 0.6) is 23.0 Å². The van der Waals surface area contributed by atoms with Crippen molar-refractivity contribution in [3.8, 4) is 34.3 Å². The van der Waals surface area contributed by atoms with Crippen molar-refractivity contribution in [3.63, 3.8) is 0 Å². The van der Waals surface area contributed by atoms with E-state index in [2.05, 4.69) is 5.32 Å². The lowest BCUT2D eigenvalue weighted by Crippen LogP contribution is -2.12. The first-order valence-electron chi connectivity index (χ1n) is 8.57.